The summed E-state index contributed by atoms with van der Waals surface area (Å²) in [4.78, 5) is 1.96. The summed E-state index contributed by atoms with van der Waals surface area (Å²) in [7, 11) is 1.93. The van der Waals surface area contributed by atoms with Crippen molar-refractivity contribution in [1.82, 2.24) is 0 Å². The van der Waals surface area contributed by atoms with Gasteiger partial charge in [-0.3, -0.25) is 0 Å². The molecule has 4 heteroatoms. The van der Waals surface area contributed by atoms with E-state index in [1.165, 1.54) is 5.75 Å². The van der Waals surface area contributed by atoms with Gasteiger partial charge in [0.05, 0.1) is 5.69 Å². The molecule has 0 saturated carbocycles. The normalized spacial score (nSPS) is 21.4. The first-order chi connectivity index (χ1) is 9.78. The van der Waals surface area contributed by atoms with Crippen LogP contribution in [-0.4, -0.2) is 30.6 Å². The Bertz CT molecular complexity index is 488. The number of halogens is 1. The monoisotopic (exact) mass is 310 g/mol. The second-order valence-electron chi connectivity index (χ2n) is 7.10. The number of rotatable bonds is 4. The smallest absolute Gasteiger partial charge is 0.148 e. The third-order valence-electron chi connectivity index (χ3n) is 4.08. The molecule has 2 nitrogen and oxygen atoms in total. The Balaban J connectivity index is 2.07. The molecule has 1 aliphatic rings. The summed E-state index contributed by atoms with van der Waals surface area (Å²) in [5.41, 5.74) is 1.90. The average molecular weight is 310 g/mol. The van der Waals surface area contributed by atoms with Gasteiger partial charge in [0.25, 0.3) is 0 Å². The van der Waals surface area contributed by atoms with Gasteiger partial charge in [-0.25, -0.2) is 4.39 Å². The van der Waals surface area contributed by atoms with E-state index >= 15 is 0 Å². The van der Waals surface area contributed by atoms with Gasteiger partial charge in [0.2, 0.25) is 0 Å². The summed E-state index contributed by atoms with van der Waals surface area (Å²) in [6.07, 6.45) is 1.13. The first-order valence-electron chi connectivity index (χ1n) is 7.65. The Kier molecular flexibility index (Phi) is 5.07. The number of hydrogen-bond donors (Lipinski definition) is 1. The molecule has 1 atom stereocenters. The second kappa shape index (κ2) is 6.47. The standard InChI is InChI=1S/C17H27FN2S/c1-12(2)20(5)16-7-6-13(8-15(16)18)19-14-9-17(3,4)11-21-10-14/h6-8,12,14,19H,9-11H2,1-5H3. The van der Waals surface area contributed by atoms with Crippen molar-refractivity contribution in [2.75, 3.05) is 28.8 Å². The molecule has 1 unspecified atom stereocenters. The predicted octanol–water partition coefficient (Wildman–Crippen LogP) is 4.61. The van der Waals surface area contributed by atoms with Crippen LogP contribution in [0.15, 0.2) is 18.2 Å². The van der Waals surface area contributed by atoms with Gasteiger partial charge in [0, 0.05) is 30.6 Å². The molecule has 0 aromatic heterocycles. The minimum absolute atomic E-state index is 0.154. The van der Waals surface area contributed by atoms with E-state index in [2.05, 4.69) is 33.0 Å². The maximum absolute atomic E-state index is 14.3. The van der Waals surface area contributed by atoms with Crippen LogP contribution in [0.1, 0.15) is 34.1 Å². The van der Waals surface area contributed by atoms with Crippen molar-refractivity contribution < 1.29 is 4.39 Å². The third-order valence-corrected chi connectivity index (χ3v) is 5.71. The van der Waals surface area contributed by atoms with Crippen LogP contribution in [0.25, 0.3) is 0 Å². The fourth-order valence-electron chi connectivity index (χ4n) is 2.75. The summed E-state index contributed by atoms with van der Waals surface area (Å²) >= 11 is 1.98. The van der Waals surface area contributed by atoms with Crippen molar-refractivity contribution >= 4 is 23.1 Å². The van der Waals surface area contributed by atoms with Crippen molar-refractivity contribution in [3.63, 3.8) is 0 Å². The van der Waals surface area contributed by atoms with Gasteiger partial charge in [-0.1, -0.05) is 13.8 Å². The molecule has 1 fully saturated rings. The van der Waals surface area contributed by atoms with Crippen molar-refractivity contribution in [3.8, 4) is 0 Å². The lowest BCUT2D eigenvalue weighted by Crippen LogP contribution is -2.35. The van der Waals surface area contributed by atoms with Crippen LogP contribution in [-0.2, 0) is 0 Å². The maximum Gasteiger partial charge on any atom is 0.148 e. The van der Waals surface area contributed by atoms with Crippen LogP contribution in [0.2, 0.25) is 0 Å². The quantitative estimate of drug-likeness (QED) is 0.874. The van der Waals surface area contributed by atoms with Crippen LogP contribution < -0.4 is 10.2 Å². The lowest BCUT2D eigenvalue weighted by molar-refractivity contribution is 0.358. The molecule has 1 aromatic rings. The van der Waals surface area contributed by atoms with Crippen molar-refractivity contribution in [2.45, 2.75) is 46.2 Å². The molecule has 1 aromatic carbocycles. The molecule has 21 heavy (non-hydrogen) atoms. The van der Waals surface area contributed by atoms with Crippen LogP contribution in [0, 0.1) is 11.2 Å². The van der Waals surface area contributed by atoms with Gasteiger partial charge >= 0.3 is 0 Å². The van der Waals surface area contributed by atoms with E-state index in [-0.39, 0.29) is 11.9 Å². The Morgan fingerprint density at radius 2 is 2.10 bits per heavy atom. The second-order valence-corrected chi connectivity index (χ2v) is 8.13. The highest BCUT2D eigenvalue weighted by Gasteiger charge is 2.28. The molecule has 1 N–H and O–H groups in total. The number of thioether (sulfide) groups is 1. The topological polar surface area (TPSA) is 15.3 Å². The third kappa shape index (κ3) is 4.29. The molecule has 0 amide bonds. The van der Waals surface area contributed by atoms with E-state index in [0.717, 1.165) is 17.9 Å². The van der Waals surface area contributed by atoms with E-state index in [4.69, 9.17) is 0 Å². The van der Waals surface area contributed by atoms with Gasteiger partial charge < -0.3 is 10.2 Å². The fraction of sp³-hybridized carbons (Fsp3) is 0.647. The Morgan fingerprint density at radius 1 is 1.38 bits per heavy atom. The van der Waals surface area contributed by atoms with Crippen molar-refractivity contribution in [2.24, 2.45) is 5.41 Å². The zero-order valence-corrected chi connectivity index (χ0v) is 14.6. The zero-order chi connectivity index (χ0) is 15.6. The maximum atomic E-state index is 14.3. The molecule has 118 valence electrons. The summed E-state index contributed by atoms with van der Waals surface area (Å²) in [6, 6.07) is 6.20. The van der Waals surface area contributed by atoms with E-state index in [1.54, 1.807) is 6.07 Å². The predicted molar refractivity (Wildman–Crippen MR) is 93.1 cm³/mol. The number of nitrogens with zero attached hydrogens (tertiary/aromatic N) is 1. The highest BCUT2D eigenvalue weighted by Crippen LogP contribution is 2.35. The number of anilines is 2. The first kappa shape index (κ1) is 16.5. The highest BCUT2D eigenvalue weighted by molar-refractivity contribution is 7.99. The summed E-state index contributed by atoms with van der Waals surface area (Å²) in [5.74, 6) is 2.15. The van der Waals surface area contributed by atoms with Crippen LogP contribution >= 0.6 is 11.8 Å². The molecule has 0 bridgehead atoms. The van der Waals surface area contributed by atoms with Crippen LogP contribution in [0.5, 0.6) is 0 Å². The minimum Gasteiger partial charge on any atom is -0.381 e. The van der Waals surface area contributed by atoms with Gasteiger partial charge in [0.15, 0.2) is 0 Å². The van der Waals surface area contributed by atoms with E-state index in [1.807, 2.05) is 35.8 Å². The van der Waals surface area contributed by atoms with E-state index in [9.17, 15) is 4.39 Å². The zero-order valence-electron chi connectivity index (χ0n) is 13.7. The number of hydrogen-bond acceptors (Lipinski definition) is 3. The molecule has 1 heterocycles. The van der Waals surface area contributed by atoms with Gasteiger partial charge in [0.1, 0.15) is 5.82 Å². The highest BCUT2D eigenvalue weighted by atomic mass is 32.2. The Morgan fingerprint density at radius 3 is 2.67 bits per heavy atom. The van der Waals surface area contributed by atoms with Crippen molar-refractivity contribution in [3.05, 3.63) is 24.0 Å². The van der Waals surface area contributed by atoms with E-state index < -0.39 is 0 Å². The number of benzene rings is 1. The Hall–Kier alpha value is -0.900. The fourth-order valence-corrected chi connectivity index (χ4v) is 4.03. The molecular weight excluding hydrogens is 283 g/mol. The summed E-state index contributed by atoms with van der Waals surface area (Å²) in [6.45, 7) is 8.73. The lowest BCUT2D eigenvalue weighted by Gasteiger charge is -2.35. The lowest BCUT2D eigenvalue weighted by atomic mass is 9.88. The molecule has 1 aliphatic heterocycles. The van der Waals surface area contributed by atoms with Gasteiger partial charge in [-0.2, -0.15) is 11.8 Å². The summed E-state index contributed by atoms with van der Waals surface area (Å²) in [5, 5.41) is 3.49. The molecule has 2 rings (SSSR count). The average Bonchev–Trinajstić information content (AvgIpc) is 2.36. The number of nitrogens with one attached hydrogen (secondary N) is 1. The molecule has 0 spiro atoms. The minimum atomic E-state index is -0.154. The summed E-state index contributed by atoms with van der Waals surface area (Å²) < 4.78 is 14.3. The largest absolute Gasteiger partial charge is 0.381 e. The van der Waals surface area contributed by atoms with Crippen LogP contribution in [0.4, 0.5) is 15.8 Å². The Labute approximate surface area is 132 Å². The van der Waals surface area contributed by atoms with Gasteiger partial charge in [-0.15, -0.1) is 0 Å². The van der Waals surface area contributed by atoms with E-state index in [0.29, 0.717) is 17.1 Å². The van der Waals surface area contributed by atoms with Crippen molar-refractivity contribution in [1.29, 1.82) is 0 Å². The first-order valence-corrected chi connectivity index (χ1v) is 8.81. The van der Waals surface area contributed by atoms with Crippen LogP contribution in [0.3, 0.4) is 0 Å². The SMILES string of the molecule is CC(C)N(C)c1ccc(NC2CSCC(C)(C)C2)cc1F. The molecule has 0 radical (unpaired) electrons. The molecular formula is C17H27FN2S. The molecule has 0 aliphatic carbocycles. The van der Waals surface area contributed by atoms with Gasteiger partial charge in [-0.05, 0) is 49.6 Å². The molecule has 1 saturated heterocycles.